The molecule has 0 radical (unpaired) electrons. The molecule has 0 spiro atoms. The van der Waals surface area contributed by atoms with Crippen LogP contribution in [-0.4, -0.2) is 43.2 Å². The number of methoxy groups -OCH3 is 1. The van der Waals surface area contributed by atoms with Crippen LogP contribution in [0.2, 0.25) is 0 Å². The Labute approximate surface area is 169 Å². The van der Waals surface area contributed by atoms with Gasteiger partial charge in [-0.15, -0.1) is 0 Å². The summed E-state index contributed by atoms with van der Waals surface area (Å²) in [7, 11) is 3.45. The molecule has 2 bridgehead atoms. The van der Waals surface area contributed by atoms with Crippen LogP contribution in [0, 0.1) is 17.6 Å². The van der Waals surface area contributed by atoms with E-state index in [1.165, 1.54) is 31.4 Å². The Balaban J connectivity index is 1.68. The van der Waals surface area contributed by atoms with Crippen LogP contribution in [0.5, 0.6) is 0 Å². The van der Waals surface area contributed by atoms with Gasteiger partial charge in [0.25, 0.3) is 0 Å². The number of rotatable bonds is 5. The first-order valence-corrected chi connectivity index (χ1v) is 9.94. The fourth-order valence-corrected chi connectivity index (χ4v) is 4.81. The lowest BCUT2D eigenvalue weighted by molar-refractivity contribution is -0.162. The van der Waals surface area contributed by atoms with E-state index in [0.29, 0.717) is 12.5 Å². The Hall–Kier alpha value is -2.31. The van der Waals surface area contributed by atoms with Crippen molar-refractivity contribution < 1.29 is 23.0 Å². The SMILES string of the molecule is COC(=O)[C@H]1C2CCC(C[C@H]1OC(c1ccc(F)cc1)c1ccc(F)cc1)N2C. The van der Waals surface area contributed by atoms with E-state index in [-0.39, 0.29) is 29.7 Å². The summed E-state index contributed by atoms with van der Waals surface area (Å²) in [5.41, 5.74) is 1.51. The Morgan fingerprint density at radius 3 is 2.07 bits per heavy atom. The molecule has 6 heteroatoms. The van der Waals surface area contributed by atoms with Gasteiger partial charge < -0.3 is 9.47 Å². The van der Waals surface area contributed by atoms with Crippen LogP contribution in [0.25, 0.3) is 0 Å². The molecule has 2 heterocycles. The molecule has 2 fully saturated rings. The molecule has 2 aromatic carbocycles. The van der Waals surface area contributed by atoms with Crippen molar-refractivity contribution in [3.63, 3.8) is 0 Å². The smallest absolute Gasteiger partial charge is 0.312 e. The minimum absolute atomic E-state index is 0.0771. The third-order valence-electron chi connectivity index (χ3n) is 6.34. The predicted octanol–water partition coefficient (Wildman–Crippen LogP) is 4.10. The molecule has 2 aliphatic heterocycles. The lowest BCUT2D eigenvalue weighted by Crippen LogP contribution is -2.53. The second-order valence-corrected chi connectivity index (χ2v) is 7.91. The van der Waals surface area contributed by atoms with Gasteiger partial charge in [0.05, 0.1) is 19.1 Å². The van der Waals surface area contributed by atoms with Crippen LogP contribution in [0.4, 0.5) is 8.78 Å². The van der Waals surface area contributed by atoms with Crippen LogP contribution in [0.3, 0.4) is 0 Å². The third-order valence-corrected chi connectivity index (χ3v) is 6.34. The van der Waals surface area contributed by atoms with E-state index in [9.17, 15) is 13.6 Å². The van der Waals surface area contributed by atoms with Gasteiger partial charge in [-0.25, -0.2) is 8.78 Å². The first-order valence-electron chi connectivity index (χ1n) is 9.94. The maximum atomic E-state index is 13.5. The maximum Gasteiger partial charge on any atom is 0.312 e. The summed E-state index contributed by atoms with van der Waals surface area (Å²) in [6, 6.07) is 12.6. The highest BCUT2D eigenvalue weighted by Gasteiger charge is 2.50. The van der Waals surface area contributed by atoms with Gasteiger partial charge in [0.15, 0.2) is 0 Å². The van der Waals surface area contributed by atoms with Crippen molar-refractivity contribution in [1.82, 2.24) is 4.90 Å². The molecule has 0 amide bonds. The van der Waals surface area contributed by atoms with Crippen molar-refractivity contribution in [3.8, 4) is 0 Å². The first-order chi connectivity index (χ1) is 14.0. The van der Waals surface area contributed by atoms with E-state index in [2.05, 4.69) is 4.90 Å². The van der Waals surface area contributed by atoms with Gasteiger partial charge in [0, 0.05) is 12.1 Å². The van der Waals surface area contributed by atoms with Gasteiger partial charge >= 0.3 is 5.97 Å². The molecule has 0 aromatic heterocycles. The summed E-state index contributed by atoms with van der Waals surface area (Å²) >= 11 is 0. The Morgan fingerprint density at radius 1 is 1.00 bits per heavy atom. The molecule has 0 aliphatic carbocycles. The molecule has 2 saturated heterocycles. The van der Waals surface area contributed by atoms with E-state index < -0.39 is 12.0 Å². The highest BCUT2D eigenvalue weighted by molar-refractivity contribution is 5.74. The van der Waals surface area contributed by atoms with Crippen molar-refractivity contribution in [2.45, 2.75) is 43.6 Å². The van der Waals surface area contributed by atoms with Crippen molar-refractivity contribution in [2.75, 3.05) is 14.2 Å². The summed E-state index contributed by atoms with van der Waals surface area (Å²) in [4.78, 5) is 14.9. The lowest BCUT2D eigenvalue weighted by atomic mass is 9.87. The van der Waals surface area contributed by atoms with E-state index in [1.54, 1.807) is 24.3 Å². The number of fused-ring (bicyclic) bond motifs is 2. The van der Waals surface area contributed by atoms with Crippen molar-refractivity contribution >= 4 is 5.97 Å². The molecule has 0 N–H and O–H groups in total. The summed E-state index contributed by atoms with van der Waals surface area (Å²) in [6.45, 7) is 0. The number of nitrogens with zero attached hydrogens (tertiary/aromatic N) is 1. The number of hydrogen-bond acceptors (Lipinski definition) is 4. The quantitative estimate of drug-likeness (QED) is 0.708. The molecular formula is C23H25F2NO3. The zero-order chi connectivity index (χ0) is 20.5. The maximum absolute atomic E-state index is 13.5. The number of benzene rings is 2. The fourth-order valence-electron chi connectivity index (χ4n) is 4.81. The average Bonchev–Trinajstić information content (AvgIpc) is 2.96. The largest absolute Gasteiger partial charge is 0.469 e. The average molecular weight is 401 g/mol. The molecule has 2 aliphatic rings. The van der Waals surface area contributed by atoms with Crippen LogP contribution >= 0.6 is 0 Å². The van der Waals surface area contributed by atoms with E-state index in [4.69, 9.17) is 9.47 Å². The number of halogens is 2. The summed E-state index contributed by atoms with van der Waals surface area (Å²) in [6.07, 6.45) is 1.80. The molecule has 154 valence electrons. The van der Waals surface area contributed by atoms with Crippen molar-refractivity contribution in [1.29, 1.82) is 0 Å². The van der Waals surface area contributed by atoms with Gasteiger partial charge in [-0.3, -0.25) is 9.69 Å². The van der Waals surface area contributed by atoms with Gasteiger partial charge in [-0.05, 0) is 61.7 Å². The van der Waals surface area contributed by atoms with Crippen LogP contribution in [-0.2, 0) is 14.3 Å². The highest BCUT2D eigenvalue weighted by Crippen LogP contribution is 2.42. The predicted molar refractivity (Wildman–Crippen MR) is 104 cm³/mol. The number of ether oxygens (including phenoxy) is 2. The van der Waals surface area contributed by atoms with Crippen molar-refractivity contribution in [2.24, 2.45) is 5.92 Å². The minimum atomic E-state index is -0.531. The molecule has 4 atom stereocenters. The number of esters is 1. The fraction of sp³-hybridized carbons (Fsp3) is 0.435. The molecule has 2 unspecified atom stereocenters. The zero-order valence-corrected chi connectivity index (χ0v) is 16.6. The summed E-state index contributed by atoms with van der Waals surface area (Å²) in [5.74, 6) is -1.34. The number of carbonyl (C=O) groups excluding carboxylic acids is 1. The number of piperidine rings is 1. The van der Waals surface area contributed by atoms with Crippen molar-refractivity contribution in [3.05, 3.63) is 71.3 Å². The monoisotopic (exact) mass is 401 g/mol. The summed E-state index contributed by atoms with van der Waals surface area (Å²) in [5, 5.41) is 0. The summed E-state index contributed by atoms with van der Waals surface area (Å²) < 4.78 is 38.6. The molecular weight excluding hydrogens is 376 g/mol. The third kappa shape index (κ3) is 3.91. The standard InChI is InChI=1S/C23H25F2NO3/c1-26-18-11-12-19(26)21(23(27)28-2)20(13-18)29-22(14-3-7-16(24)8-4-14)15-5-9-17(25)10-6-15/h3-10,18-22H,11-13H2,1-2H3/t18?,19?,20-,21+/m1/s1. The van der Waals surface area contributed by atoms with Gasteiger partial charge in [0.2, 0.25) is 0 Å². The minimum Gasteiger partial charge on any atom is -0.469 e. The van der Waals surface area contributed by atoms with Gasteiger partial charge in [-0.1, -0.05) is 24.3 Å². The zero-order valence-electron chi connectivity index (χ0n) is 16.6. The second-order valence-electron chi connectivity index (χ2n) is 7.91. The Kier molecular flexibility index (Phi) is 5.65. The van der Waals surface area contributed by atoms with Gasteiger partial charge in [0.1, 0.15) is 17.7 Å². The Bertz CT molecular complexity index is 810. The number of carbonyl (C=O) groups is 1. The second kappa shape index (κ2) is 8.20. The lowest BCUT2D eigenvalue weighted by Gasteiger charge is -2.42. The Morgan fingerprint density at radius 2 is 1.55 bits per heavy atom. The highest BCUT2D eigenvalue weighted by atomic mass is 19.1. The van der Waals surface area contributed by atoms with E-state index in [0.717, 1.165) is 24.0 Å². The van der Waals surface area contributed by atoms with Crippen LogP contribution < -0.4 is 0 Å². The van der Waals surface area contributed by atoms with Gasteiger partial charge in [-0.2, -0.15) is 0 Å². The topological polar surface area (TPSA) is 38.8 Å². The van der Waals surface area contributed by atoms with E-state index >= 15 is 0 Å². The van der Waals surface area contributed by atoms with E-state index in [1.807, 2.05) is 7.05 Å². The molecule has 4 nitrogen and oxygen atoms in total. The molecule has 4 rings (SSSR count). The molecule has 2 aromatic rings. The molecule has 29 heavy (non-hydrogen) atoms. The first kappa shape index (κ1) is 20.0. The normalized spacial score (nSPS) is 26.7. The van der Waals surface area contributed by atoms with Crippen LogP contribution in [0.15, 0.2) is 48.5 Å². The molecule has 0 saturated carbocycles. The number of hydrogen-bond donors (Lipinski definition) is 0. The van der Waals surface area contributed by atoms with Crippen LogP contribution in [0.1, 0.15) is 36.5 Å².